The molecule has 0 aliphatic carbocycles. The molecule has 0 spiro atoms. The molecule has 0 saturated carbocycles. The number of carbonyl (C=O) groups is 1. The molecule has 2 aromatic rings. The molecule has 0 fully saturated rings. The Morgan fingerprint density at radius 2 is 1.77 bits per heavy atom. The molecule has 116 valence electrons. The maximum atomic E-state index is 11.7. The zero-order chi connectivity index (χ0) is 15.9. The number of nitrogens with zero attached hydrogens (tertiary/aromatic N) is 3. The Hall–Kier alpha value is -2.55. The van der Waals surface area contributed by atoms with Crippen molar-refractivity contribution in [2.75, 3.05) is 24.3 Å². The van der Waals surface area contributed by atoms with E-state index in [1.807, 2.05) is 24.3 Å². The summed E-state index contributed by atoms with van der Waals surface area (Å²) < 4.78 is 10.1. The summed E-state index contributed by atoms with van der Waals surface area (Å²) >= 11 is 1.36. The molecule has 8 nitrogen and oxygen atoms in total. The zero-order valence-electron chi connectivity index (χ0n) is 11.9. The van der Waals surface area contributed by atoms with Gasteiger partial charge in [0.1, 0.15) is 5.75 Å². The van der Waals surface area contributed by atoms with E-state index in [0.717, 1.165) is 10.6 Å². The van der Waals surface area contributed by atoms with Crippen LogP contribution < -0.4 is 16.2 Å². The average Bonchev–Trinajstić information content (AvgIpc) is 2.50. The molecular weight excluding hydrogens is 306 g/mol. The molecule has 22 heavy (non-hydrogen) atoms. The SMILES string of the molecule is COc1ccc(SCC(=O)OCc2nc(N)nc(N)n2)cc1. The van der Waals surface area contributed by atoms with Gasteiger partial charge in [0.25, 0.3) is 0 Å². The standard InChI is InChI=1S/C13H15N5O3S/c1-20-8-2-4-9(5-3-8)22-7-11(19)21-6-10-16-12(14)18-13(15)17-10/h2-5H,6-7H2,1H3,(H4,14,15,16,17,18). The number of rotatable bonds is 6. The van der Waals surface area contributed by atoms with Gasteiger partial charge in [-0.2, -0.15) is 15.0 Å². The smallest absolute Gasteiger partial charge is 0.316 e. The Bertz CT molecular complexity index is 630. The molecule has 0 atom stereocenters. The number of esters is 1. The first-order chi connectivity index (χ1) is 10.6. The highest BCUT2D eigenvalue weighted by Gasteiger charge is 2.08. The highest BCUT2D eigenvalue weighted by atomic mass is 32.2. The van der Waals surface area contributed by atoms with Crippen LogP contribution in [0.25, 0.3) is 0 Å². The number of hydrogen-bond donors (Lipinski definition) is 2. The summed E-state index contributed by atoms with van der Waals surface area (Å²) in [6.07, 6.45) is 0. The summed E-state index contributed by atoms with van der Waals surface area (Å²) in [6, 6.07) is 7.38. The number of anilines is 2. The van der Waals surface area contributed by atoms with Gasteiger partial charge in [-0.25, -0.2) is 0 Å². The Morgan fingerprint density at radius 3 is 2.36 bits per heavy atom. The highest BCUT2D eigenvalue weighted by molar-refractivity contribution is 8.00. The van der Waals surface area contributed by atoms with Crippen molar-refractivity contribution >= 4 is 29.6 Å². The number of nitrogens with two attached hydrogens (primary N) is 2. The highest BCUT2D eigenvalue weighted by Crippen LogP contribution is 2.21. The maximum absolute atomic E-state index is 11.7. The van der Waals surface area contributed by atoms with Gasteiger partial charge in [-0.15, -0.1) is 11.8 Å². The van der Waals surface area contributed by atoms with Crippen molar-refractivity contribution in [2.45, 2.75) is 11.5 Å². The number of benzene rings is 1. The Labute approximate surface area is 131 Å². The third-order valence-corrected chi connectivity index (χ3v) is 3.48. The summed E-state index contributed by atoms with van der Waals surface area (Å²) in [4.78, 5) is 23.9. The fourth-order valence-electron chi connectivity index (χ4n) is 1.52. The van der Waals surface area contributed by atoms with Crippen molar-refractivity contribution in [3.63, 3.8) is 0 Å². The summed E-state index contributed by atoms with van der Waals surface area (Å²) in [6.45, 7) is -0.0983. The Kier molecular flexibility index (Phi) is 5.37. The van der Waals surface area contributed by atoms with Gasteiger partial charge in [0, 0.05) is 4.90 Å². The van der Waals surface area contributed by atoms with Crippen LogP contribution in [0.3, 0.4) is 0 Å². The number of thioether (sulfide) groups is 1. The van der Waals surface area contributed by atoms with Gasteiger partial charge in [0.2, 0.25) is 11.9 Å². The summed E-state index contributed by atoms with van der Waals surface area (Å²) in [5, 5.41) is 0. The fourth-order valence-corrected chi connectivity index (χ4v) is 2.22. The van der Waals surface area contributed by atoms with Gasteiger partial charge in [-0.05, 0) is 24.3 Å². The number of nitrogen functional groups attached to an aromatic ring is 2. The lowest BCUT2D eigenvalue weighted by Crippen LogP contribution is -2.12. The second-order valence-electron chi connectivity index (χ2n) is 4.09. The molecule has 1 aromatic carbocycles. The molecule has 0 bridgehead atoms. The largest absolute Gasteiger partial charge is 0.497 e. The lowest BCUT2D eigenvalue weighted by atomic mass is 10.3. The third kappa shape index (κ3) is 4.77. The van der Waals surface area contributed by atoms with E-state index in [2.05, 4.69) is 15.0 Å². The van der Waals surface area contributed by atoms with Gasteiger partial charge in [-0.3, -0.25) is 4.79 Å². The average molecular weight is 321 g/mol. The van der Waals surface area contributed by atoms with Gasteiger partial charge in [0.15, 0.2) is 12.4 Å². The van der Waals surface area contributed by atoms with E-state index in [1.165, 1.54) is 11.8 Å². The van der Waals surface area contributed by atoms with Crippen LogP contribution in [0.4, 0.5) is 11.9 Å². The van der Waals surface area contributed by atoms with Crippen LogP contribution in [0.5, 0.6) is 5.75 Å². The van der Waals surface area contributed by atoms with Crippen LogP contribution in [0.15, 0.2) is 29.2 Å². The third-order valence-electron chi connectivity index (χ3n) is 2.49. The minimum Gasteiger partial charge on any atom is -0.497 e. The minimum absolute atomic E-state index is 0.00819. The molecule has 1 heterocycles. The molecule has 0 radical (unpaired) electrons. The quantitative estimate of drug-likeness (QED) is 0.588. The van der Waals surface area contributed by atoms with E-state index in [9.17, 15) is 4.79 Å². The number of aromatic nitrogens is 3. The topological polar surface area (TPSA) is 126 Å². The summed E-state index contributed by atoms with van der Waals surface area (Å²) in [5.74, 6) is 0.739. The van der Waals surface area contributed by atoms with E-state index >= 15 is 0 Å². The number of hydrogen-bond acceptors (Lipinski definition) is 9. The molecule has 0 aliphatic rings. The van der Waals surface area contributed by atoms with E-state index in [-0.39, 0.29) is 30.1 Å². The Morgan fingerprint density at radius 1 is 1.14 bits per heavy atom. The molecule has 0 saturated heterocycles. The maximum Gasteiger partial charge on any atom is 0.316 e. The molecule has 2 rings (SSSR count). The van der Waals surface area contributed by atoms with Crippen LogP contribution in [-0.4, -0.2) is 33.8 Å². The van der Waals surface area contributed by atoms with Crippen molar-refractivity contribution in [1.82, 2.24) is 15.0 Å². The molecule has 9 heteroatoms. The Balaban J connectivity index is 1.80. The molecular formula is C13H15N5O3S. The summed E-state index contributed by atoms with van der Waals surface area (Å²) in [7, 11) is 1.60. The van der Waals surface area contributed by atoms with Crippen molar-refractivity contribution < 1.29 is 14.3 Å². The minimum atomic E-state index is -0.390. The zero-order valence-corrected chi connectivity index (χ0v) is 12.7. The van der Waals surface area contributed by atoms with Crippen molar-refractivity contribution in [3.05, 3.63) is 30.1 Å². The number of methoxy groups -OCH3 is 1. The van der Waals surface area contributed by atoms with Crippen LogP contribution >= 0.6 is 11.8 Å². The van der Waals surface area contributed by atoms with Gasteiger partial charge < -0.3 is 20.9 Å². The predicted molar refractivity (Wildman–Crippen MR) is 82.2 cm³/mol. The van der Waals surface area contributed by atoms with Crippen LogP contribution in [-0.2, 0) is 16.1 Å². The second-order valence-corrected chi connectivity index (χ2v) is 5.14. The van der Waals surface area contributed by atoms with Crippen molar-refractivity contribution in [2.24, 2.45) is 0 Å². The van der Waals surface area contributed by atoms with Gasteiger partial charge in [0.05, 0.1) is 12.9 Å². The summed E-state index contributed by atoms with van der Waals surface area (Å²) in [5.41, 5.74) is 10.9. The van der Waals surface area contributed by atoms with Gasteiger partial charge in [-0.1, -0.05) is 0 Å². The van der Waals surface area contributed by atoms with E-state index in [1.54, 1.807) is 7.11 Å². The monoisotopic (exact) mass is 321 g/mol. The molecule has 0 amide bonds. The van der Waals surface area contributed by atoms with E-state index in [0.29, 0.717) is 0 Å². The number of carbonyl (C=O) groups excluding carboxylic acids is 1. The first-order valence-electron chi connectivity index (χ1n) is 6.25. The van der Waals surface area contributed by atoms with Crippen LogP contribution in [0, 0.1) is 0 Å². The first-order valence-corrected chi connectivity index (χ1v) is 7.24. The molecule has 1 aromatic heterocycles. The fraction of sp³-hybridized carbons (Fsp3) is 0.231. The second kappa shape index (κ2) is 7.46. The predicted octanol–water partition coefficient (Wildman–Crippen LogP) is 0.880. The lowest BCUT2D eigenvalue weighted by Gasteiger charge is -2.05. The lowest BCUT2D eigenvalue weighted by molar-refractivity contribution is -0.141. The van der Waals surface area contributed by atoms with Crippen molar-refractivity contribution in [3.8, 4) is 5.75 Å². The van der Waals surface area contributed by atoms with Gasteiger partial charge >= 0.3 is 5.97 Å². The molecule has 4 N–H and O–H groups in total. The normalized spacial score (nSPS) is 10.2. The van der Waals surface area contributed by atoms with Crippen LogP contribution in [0.2, 0.25) is 0 Å². The van der Waals surface area contributed by atoms with E-state index in [4.69, 9.17) is 20.9 Å². The molecule has 0 aliphatic heterocycles. The molecule has 0 unspecified atom stereocenters. The first kappa shape index (κ1) is 15.8. The number of ether oxygens (including phenoxy) is 2. The van der Waals surface area contributed by atoms with E-state index < -0.39 is 5.97 Å². The van der Waals surface area contributed by atoms with Crippen LogP contribution in [0.1, 0.15) is 5.82 Å². The van der Waals surface area contributed by atoms with Crippen molar-refractivity contribution in [1.29, 1.82) is 0 Å².